The topological polar surface area (TPSA) is 116 Å². The van der Waals surface area contributed by atoms with E-state index in [0.717, 1.165) is 38.2 Å². The minimum absolute atomic E-state index is 0.0818. The van der Waals surface area contributed by atoms with Gasteiger partial charge in [0.2, 0.25) is 0 Å². The van der Waals surface area contributed by atoms with E-state index >= 15 is 0 Å². The first-order chi connectivity index (χ1) is 12.5. The van der Waals surface area contributed by atoms with Crippen molar-refractivity contribution in [1.82, 2.24) is 4.90 Å². The number of anilines is 1. The first-order valence-corrected chi connectivity index (χ1v) is 8.98. The van der Waals surface area contributed by atoms with Crippen LogP contribution < -0.4 is 5.73 Å². The van der Waals surface area contributed by atoms with Gasteiger partial charge in [0.25, 0.3) is 11.6 Å². The second-order valence-electron chi connectivity index (χ2n) is 6.95. The smallest absolute Gasteiger partial charge is 0.341 e. The minimum atomic E-state index is -0.822. The summed E-state index contributed by atoms with van der Waals surface area (Å²) in [6.07, 6.45) is 6.61. The average molecular weight is 361 g/mol. The van der Waals surface area contributed by atoms with Gasteiger partial charge in [0.1, 0.15) is 0 Å². The number of amides is 1. The van der Waals surface area contributed by atoms with Gasteiger partial charge in [-0.25, -0.2) is 4.79 Å². The third-order valence-electron chi connectivity index (χ3n) is 5.36. The predicted octanol–water partition coefficient (Wildman–Crippen LogP) is 2.52. The van der Waals surface area contributed by atoms with Crippen molar-refractivity contribution < 1.29 is 19.2 Å². The zero-order valence-corrected chi connectivity index (χ0v) is 14.6. The van der Waals surface area contributed by atoms with Gasteiger partial charge in [-0.1, -0.05) is 12.8 Å². The van der Waals surface area contributed by atoms with Crippen LogP contribution in [0.2, 0.25) is 0 Å². The monoisotopic (exact) mass is 361 g/mol. The van der Waals surface area contributed by atoms with Gasteiger partial charge in [0, 0.05) is 30.4 Å². The van der Waals surface area contributed by atoms with Gasteiger partial charge in [-0.15, -0.1) is 0 Å². The van der Waals surface area contributed by atoms with Crippen LogP contribution in [0.5, 0.6) is 0 Å². The van der Waals surface area contributed by atoms with Crippen LogP contribution in [-0.2, 0) is 9.53 Å². The summed E-state index contributed by atoms with van der Waals surface area (Å²) in [5.41, 5.74) is 5.44. The molecule has 140 valence electrons. The van der Waals surface area contributed by atoms with E-state index in [-0.39, 0.29) is 35.5 Å². The number of carbonyl (C=O) groups is 2. The second-order valence-corrected chi connectivity index (χ2v) is 6.95. The molecule has 2 aliphatic rings. The van der Waals surface area contributed by atoms with Crippen molar-refractivity contribution in [3.63, 3.8) is 0 Å². The Hall–Kier alpha value is -2.64. The Balaban J connectivity index is 1.63. The number of esters is 1. The normalized spacial score (nSPS) is 22.4. The molecule has 1 aliphatic carbocycles. The Morgan fingerprint density at radius 1 is 1.23 bits per heavy atom. The number of ether oxygens (including phenoxy) is 1. The number of piperidine rings is 1. The highest BCUT2D eigenvalue weighted by Gasteiger charge is 2.35. The first kappa shape index (κ1) is 18.2. The second kappa shape index (κ2) is 7.72. The van der Waals surface area contributed by atoms with Crippen LogP contribution in [0.4, 0.5) is 11.4 Å². The van der Waals surface area contributed by atoms with E-state index in [0.29, 0.717) is 12.5 Å². The summed E-state index contributed by atoms with van der Waals surface area (Å²) >= 11 is 0. The summed E-state index contributed by atoms with van der Waals surface area (Å²) in [7, 11) is 0. The van der Waals surface area contributed by atoms with E-state index in [1.807, 2.05) is 4.90 Å². The number of non-ortho nitro benzene ring substituents is 1. The highest BCUT2D eigenvalue weighted by atomic mass is 16.6. The van der Waals surface area contributed by atoms with Crippen LogP contribution in [0, 0.1) is 16.0 Å². The van der Waals surface area contributed by atoms with E-state index in [9.17, 15) is 19.7 Å². The molecule has 0 unspecified atom stereocenters. The average Bonchev–Trinajstić information content (AvgIpc) is 2.65. The van der Waals surface area contributed by atoms with Crippen molar-refractivity contribution in [1.29, 1.82) is 0 Å². The lowest BCUT2D eigenvalue weighted by Crippen LogP contribution is -2.50. The molecule has 3 rings (SSSR count). The lowest BCUT2D eigenvalue weighted by molar-refractivity contribution is -0.384. The van der Waals surface area contributed by atoms with E-state index in [4.69, 9.17) is 10.5 Å². The molecule has 0 radical (unpaired) electrons. The van der Waals surface area contributed by atoms with Crippen molar-refractivity contribution in [2.24, 2.45) is 5.92 Å². The molecule has 1 amide bonds. The van der Waals surface area contributed by atoms with Crippen LogP contribution in [0.15, 0.2) is 18.2 Å². The van der Waals surface area contributed by atoms with E-state index < -0.39 is 10.9 Å². The quantitative estimate of drug-likeness (QED) is 0.381. The molecular formula is C18H23N3O5. The number of likely N-dealkylation sites (tertiary alicyclic amines) is 1. The number of nitrogens with zero attached hydrogens (tertiary/aromatic N) is 2. The fourth-order valence-corrected chi connectivity index (χ4v) is 4.06. The van der Waals surface area contributed by atoms with Gasteiger partial charge in [0.15, 0.2) is 6.61 Å². The molecule has 26 heavy (non-hydrogen) atoms. The van der Waals surface area contributed by atoms with E-state index in [2.05, 4.69) is 0 Å². The maximum Gasteiger partial charge on any atom is 0.341 e. The van der Waals surface area contributed by atoms with E-state index in [1.165, 1.54) is 18.6 Å². The fourth-order valence-electron chi connectivity index (χ4n) is 4.06. The molecule has 2 N–H and O–H groups in total. The molecule has 0 spiro atoms. The van der Waals surface area contributed by atoms with Gasteiger partial charge in [-0.3, -0.25) is 14.9 Å². The first-order valence-electron chi connectivity index (χ1n) is 8.98. The van der Waals surface area contributed by atoms with Gasteiger partial charge in [-0.05, 0) is 37.7 Å². The minimum Gasteiger partial charge on any atom is -0.452 e. The van der Waals surface area contributed by atoms with Crippen LogP contribution >= 0.6 is 0 Å². The Labute approximate surface area is 151 Å². The highest BCUT2D eigenvalue weighted by molar-refractivity contribution is 5.97. The largest absolute Gasteiger partial charge is 0.452 e. The predicted molar refractivity (Wildman–Crippen MR) is 94.5 cm³/mol. The maximum atomic E-state index is 12.6. The summed E-state index contributed by atoms with van der Waals surface area (Å²) < 4.78 is 5.11. The number of rotatable bonds is 4. The lowest BCUT2D eigenvalue weighted by atomic mass is 9.78. The maximum absolute atomic E-state index is 12.6. The Morgan fingerprint density at radius 2 is 1.96 bits per heavy atom. The molecule has 0 bridgehead atoms. The summed E-state index contributed by atoms with van der Waals surface area (Å²) in [5.74, 6) is -0.486. The van der Waals surface area contributed by atoms with Crippen molar-refractivity contribution in [2.45, 2.75) is 44.6 Å². The third-order valence-corrected chi connectivity index (χ3v) is 5.36. The van der Waals surface area contributed by atoms with Gasteiger partial charge in [0.05, 0.1) is 10.5 Å². The zero-order valence-electron chi connectivity index (χ0n) is 14.6. The molecule has 1 saturated heterocycles. The molecule has 2 fully saturated rings. The summed E-state index contributed by atoms with van der Waals surface area (Å²) in [6, 6.07) is 3.81. The van der Waals surface area contributed by atoms with E-state index in [1.54, 1.807) is 0 Å². The molecule has 8 nitrogen and oxygen atoms in total. The standard InChI is InChI=1S/C18H23N3O5/c19-15-8-7-13(21(24)25)10-14(15)18(23)26-11-17(22)20-9-3-5-12-4-1-2-6-16(12)20/h7-8,10,12,16H,1-6,9,11,19H2/t12-,16-/m0/s1. The molecule has 1 aromatic carbocycles. The number of nitrogens with two attached hydrogens (primary N) is 1. The van der Waals surface area contributed by atoms with Crippen molar-refractivity contribution in [3.05, 3.63) is 33.9 Å². The SMILES string of the molecule is Nc1ccc([N+](=O)[O-])cc1C(=O)OCC(=O)N1CCC[C@@H]2CCCC[C@@H]21. The molecule has 1 saturated carbocycles. The number of hydrogen-bond acceptors (Lipinski definition) is 6. The van der Waals surface area contributed by atoms with Crippen molar-refractivity contribution in [3.8, 4) is 0 Å². The molecule has 1 heterocycles. The molecule has 1 aliphatic heterocycles. The number of nitro benzene ring substituents is 1. The number of fused-ring (bicyclic) bond motifs is 1. The van der Waals surface area contributed by atoms with Crippen LogP contribution in [0.3, 0.4) is 0 Å². The number of benzene rings is 1. The zero-order chi connectivity index (χ0) is 18.7. The number of nitrogen functional groups attached to an aromatic ring is 1. The van der Waals surface area contributed by atoms with Crippen molar-refractivity contribution in [2.75, 3.05) is 18.9 Å². The number of carbonyl (C=O) groups excluding carboxylic acids is 2. The molecule has 2 atom stereocenters. The van der Waals surface area contributed by atoms with Crippen molar-refractivity contribution >= 4 is 23.3 Å². The summed E-state index contributed by atoms with van der Waals surface area (Å²) in [5, 5.41) is 10.8. The molecule has 0 aromatic heterocycles. The van der Waals surface area contributed by atoms with Gasteiger partial charge >= 0.3 is 5.97 Å². The molecule has 1 aromatic rings. The summed E-state index contributed by atoms with van der Waals surface area (Å²) in [6.45, 7) is 0.320. The van der Waals surface area contributed by atoms with Crippen LogP contribution in [0.25, 0.3) is 0 Å². The Morgan fingerprint density at radius 3 is 2.73 bits per heavy atom. The molecular weight excluding hydrogens is 338 g/mol. The summed E-state index contributed by atoms with van der Waals surface area (Å²) in [4.78, 5) is 36.9. The third kappa shape index (κ3) is 3.79. The lowest BCUT2D eigenvalue weighted by Gasteiger charge is -2.44. The van der Waals surface area contributed by atoms with Crippen LogP contribution in [0.1, 0.15) is 48.9 Å². The Bertz CT molecular complexity index is 719. The number of nitro groups is 1. The van der Waals surface area contributed by atoms with Gasteiger partial charge < -0.3 is 15.4 Å². The fraction of sp³-hybridized carbons (Fsp3) is 0.556. The van der Waals surface area contributed by atoms with Crippen LogP contribution in [-0.4, -0.2) is 40.9 Å². The molecule has 8 heteroatoms. The Kier molecular flexibility index (Phi) is 5.39. The van der Waals surface area contributed by atoms with Gasteiger partial charge in [-0.2, -0.15) is 0 Å². The highest BCUT2D eigenvalue weighted by Crippen LogP contribution is 2.35. The number of hydrogen-bond donors (Lipinski definition) is 1.